The number of fused-ring (bicyclic) bond motifs is 12. The molecule has 0 fully saturated rings. The average Bonchev–Trinajstić information content (AvgIpc) is 1.61. The summed E-state index contributed by atoms with van der Waals surface area (Å²) in [5, 5.41) is 67.9. The van der Waals surface area contributed by atoms with Gasteiger partial charge in [-0.1, -0.05) is 302 Å². The van der Waals surface area contributed by atoms with Gasteiger partial charge >= 0.3 is 0 Å². The van der Waals surface area contributed by atoms with Gasteiger partial charge in [-0.2, -0.15) is 0 Å². The fraction of sp³-hybridized carbons (Fsp3) is 0.0265. The number of aromatic nitrogens is 4. The molecule has 0 aliphatic carbocycles. The van der Waals surface area contributed by atoms with Gasteiger partial charge in [0.25, 0.3) is 0 Å². The topological polar surface area (TPSA) is 214 Å². The van der Waals surface area contributed by atoms with Crippen LogP contribution in [0.2, 0.25) is 0 Å². The summed E-state index contributed by atoms with van der Waals surface area (Å²) in [4.78, 5) is 18.8. The van der Waals surface area contributed by atoms with E-state index >= 15 is 0 Å². The molecule has 0 aliphatic rings. The largest absolute Gasteiger partial charge is 0.505 e. The standard InChI is InChI=1S/C44H33N3O2S.C25H20N2OS.C19H14INO.C19H13NO2.C6H7NS/c48-43-32(17-12-23-38(43)46-36-21-7-4-18-33(36)30-14-2-1-3-15-30)29-50-42-27-11-8-22-37(42)45-28-31-16-13-26-41(44(31)49)47-39-24-9-5-19-34(39)35-20-6-10-25-40(35)47;26-20-11-3-6-15-24(20)29-16-17-8-7-14-23(25(17)28)27-21-12-4-1-9-18(21)19-10-2-5-13-22(19)27;20-12-13-6-5-11-18(19(13)22)21-16-9-3-1-7-14(16)15-8-2-4-10-17(15)21;21-12-13-6-5-11-18(19(13)22)20-16-9-3-1-7-14(16)15-8-2-4-10-17(15)20;7-5-3-1-2-4-6(5)8/h1-28,46,48-49H,29H2;1-15,28H,16,26H2;1-11,22H,12H2;1-12,22H;1-4,8H,7H2. The average molecular weight is 1880 g/mol. The number of rotatable bonds is 17. The summed E-state index contributed by atoms with van der Waals surface area (Å²) >= 11 is 9.59. The molecule has 10 N–H and O–H groups in total. The number of thiol groups is 1. The number of carbonyl (C=O) groups is 1. The second kappa shape index (κ2) is 39.5. The monoisotopic (exact) mass is 1870 g/mol. The number of halogens is 1. The summed E-state index contributed by atoms with van der Waals surface area (Å²) in [5.74, 6) is 2.24. The number of benzene rings is 18. The number of hydrogen-bond acceptors (Lipinski definition) is 13. The first kappa shape index (κ1) is 86.4. The Hall–Kier alpha value is -15.3. The molecule has 0 radical (unpaired) electrons. The van der Waals surface area contributed by atoms with Crippen molar-refractivity contribution in [3.8, 4) is 62.6 Å². The Labute approximate surface area is 784 Å². The minimum Gasteiger partial charge on any atom is -0.505 e. The Bertz CT molecular complexity index is 7770. The van der Waals surface area contributed by atoms with E-state index in [4.69, 9.17) is 16.5 Å². The van der Waals surface area contributed by atoms with Gasteiger partial charge in [0, 0.05) is 125 Å². The number of hydrogen-bond donors (Lipinski definition) is 9. The minimum atomic E-state index is 0.00371. The fourth-order valence-electron chi connectivity index (χ4n) is 16.8. The van der Waals surface area contributed by atoms with Gasteiger partial charge in [0.2, 0.25) is 0 Å². The first-order valence-electron chi connectivity index (χ1n) is 42.5. The maximum atomic E-state index is 11.6. The lowest BCUT2D eigenvalue weighted by molar-refractivity contribution is 0.112. The summed E-state index contributed by atoms with van der Waals surface area (Å²) < 4.78 is 9.18. The molecule has 0 atom stereocenters. The molecule has 18 heteroatoms. The van der Waals surface area contributed by atoms with E-state index in [0.29, 0.717) is 57.5 Å². The van der Waals surface area contributed by atoms with E-state index in [0.717, 1.165) is 147 Å². The van der Waals surface area contributed by atoms with Gasteiger partial charge in [0.1, 0.15) is 28.7 Å². The predicted octanol–water partition coefficient (Wildman–Crippen LogP) is 29.3. The van der Waals surface area contributed by atoms with Crippen molar-refractivity contribution in [3.63, 3.8) is 0 Å². The maximum absolute atomic E-state index is 11.6. The predicted molar refractivity (Wildman–Crippen MR) is 558 cm³/mol. The van der Waals surface area contributed by atoms with Crippen LogP contribution in [0.4, 0.5) is 28.4 Å². The molecular weight excluding hydrogens is 1790 g/mol. The third-order valence-corrected chi connectivity index (χ3v) is 26.6. The molecule has 0 saturated heterocycles. The number of aliphatic imine (C=N–C) groups is 1. The summed E-state index contributed by atoms with van der Waals surface area (Å²) in [7, 11) is 0. The number of alkyl halides is 1. The Morgan fingerprint density at radius 1 is 0.313 bits per heavy atom. The Morgan fingerprint density at radius 2 is 0.641 bits per heavy atom. The van der Waals surface area contributed by atoms with Crippen LogP contribution in [-0.4, -0.2) is 56.3 Å². The van der Waals surface area contributed by atoms with Crippen molar-refractivity contribution in [2.75, 3.05) is 16.8 Å². The van der Waals surface area contributed by atoms with Crippen LogP contribution in [0.5, 0.6) is 28.7 Å². The minimum absolute atomic E-state index is 0.00371. The van der Waals surface area contributed by atoms with E-state index < -0.39 is 0 Å². The molecule has 0 unspecified atom stereocenters. The van der Waals surface area contributed by atoms with Crippen LogP contribution in [0.15, 0.2) is 432 Å². The summed E-state index contributed by atoms with van der Waals surface area (Å²) in [6.07, 6.45) is 2.39. The fourth-order valence-corrected chi connectivity index (χ4v) is 19.5. The second-order valence-electron chi connectivity index (χ2n) is 31.0. The molecule has 14 nitrogen and oxygen atoms in total. The molecule has 4 heterocycles. The van der Waals surface area contributed by atoms with E-state index in [1.165, 1.54) is 21.5 Å². The molecule has 0 bridgehead atoms. The third kappa shape index (κ3) is 17.8. The highest BCUT2D eigenvalue weighted by Gasteiger charge is 2.23. The maximum Gasteiger partial charge on any atom is 0.153 e. The zero-order valence-electron chi connectivity index (χ0n) is 70.7. The zero-order chi connectivity index (χ0) is 89.9. The number of carbonyl (C=O) groups excluding carboxylic acids is 1. The van der Waals surface area contributed by atoms with Crippen LogP contribution in [-0.2, 0) is 15.9 Å². The van der Waals surface area contributed by atoms with Crippen molar-refractivity contribution >= 4 is 187 Å². The zero-order valence-corrected chi connectivity index (χ0v) is 75.4. The summed E-state index contributed by atoms with van der Waals surface area (Å²) in [6.45, 7) is 0. The third-order valence-electron chi connectivity index (χ3n) is 23.1. The molecule has 131 heavy (non-hydrogen) atoms. The molecule has 0 spiro atoms. The van der Waals surface area contributed by atoms with Gasteiger partial charge in [0.15, 0.2) is 6.29 Å². The summed E-state index contributed by atoms with van der Waals surface area (Å²) in [5.41, 5.74) is 32.5. The lowest BCUT2D eigenvalue weighted by Crippen LogP contribution is -1.96. The number of aromatic hydroxyl groups is 5. The highest BCUT2D eigenvalue weighted by molar-refractivity contribution is 14.1. The lowest BCUT2D eigenvalue weighted by Gasteiger charge is -2.15. The van der Waals surface area contributed by atoms with Crippen LogP contribution in [0.3, 0.4) is 0 Å². The smallest absolute Gasteiger partial charge is 0.153 e. The van der Waals surface area contributed by atoms with E-state index in [9.17, 15) is 30.3 Å². The van der Waals surface area contributed by atoms with Gasteiger partial charge in [-0.25, -0.2) is 0 Å². The van der Waals surface area contributed by atoms with Crippen LogP contribution in [0.1, 0.15) is 32.6 Å². The van der Waals surface area contributed by atoms with Gasteiger partial charge < -0.3 is 60.6 Å². The second-order valence-corrected chi connectivity index (χ2v) is 34.3. The molecular formula is C113H87IN8O6S3. The normalized spacial score (nSPS) is 11.2. The number of nitrogen functional groups attached to an aromatic ring is 2. The number of nitrogens with zero attached hydrogens (tertiary/aromatic N) is 5. The SMILES string of the molecule is Nc1ccccc1S.Nc1ccccc1SCc1cccc(-n2c3ccccc3c3ccccc32)c1O.O=Cc1cccc(-n2c3ccccc3c3ccccc32)c1O.Oc1c(CI)cccc1-n1c2ccccc2c2ccccc21.Oc1c(CSc2ccccc2N=Cc2cccc(-n3c4ccccc4c4ccccc43)c2O)cccc1Nc1ccccc1-c1ccccc1. The highest BCUT2D eigenvalue weighted by atomic mass is 127. The van der Waals surface area contributed by atoms with E-state index in [-0.39, 0.29) is 17.2 Å². The first-order valence-corrected chi connectivity index (χ1v) is 46.5. The van der Waals surface area contributed by atoms with Crippen molar-refractivity contribution in [2.45, 2.75) is 30.6 Å². The number of para-hydroxylation sites is 17. The first-order chi connectivity index (χ1) is 64.3. The van der Waals surface area contributed by atoms with Crippen LogP contribution in [0, 0.1) is 0 Å². The summed E-state index contributed by atoms with van der Waals surface area (Å²) in [6, 6.07) is 136. The quantitative estimate of drug-likeness (QED) is 0.00611. The number of nitrogens with one attached hydrogen (secondary N) is 1. The van der Waals surface area contributed by atoms with E-state index in [2.05, 4.69) is 182 Å². The number of phenolic OH excluding ortho intramolecular Hbond substituents is 5. The Balaban J connectivity index is 0.000000121. The van der Waals surface area contributed by atoms with E-state index in [1.54, 1.807) is 41.9 Å². The molecule has 4 aromatic heterocycles. The molecule has 640 valence electrons. The molecule has 0 amide bonds. The molecule has 22 rings (SSSR count). The van der Waals surface area contributed by atoms with E-state index in [1.807, 2.05) is 278 Å². The Kier molecular flexibility index (Phi) is 26.1. The van der Waals surface area contributed by atoms with Crippen LogP contribution < -0.4 is 16.8 Å². The van der Waals surface area contributed by atoms with Crippen LogP contribution in [0.25, 0.3) is 121 Å². The molecule has 22 aromatic rings. The number of phenols is 5. The van der Waals surface area contributed by atoms with Crippen molar-refractivity contribution in [1.29, 1.82) is 0 Å². The van der Waals surface area contributed by atoms with Gasteiger partial charge in [-0.15, -0.1) is 36.2 Å². The lowest BCUT2D eigenvalue weighted by atomic mass is 10.0. The van der Waals surface area contributed by atoms with Crippen molar-refractivity contribution in [3.05, 3.63) is 440 Å². The highest BCUT2D eigenvalue weighted by Crippen LogP contribution is 2.45. The number of thioether (sulfide) groups is 2. The van der Waals surface area contributed by atoms with Crippen molar-refractivity contribution < 1.29 is 30.3 Å². The molecule has 18 aromatic carbocycles. The van der Waals surface area contributed by atoms with Crippen LogP contribution >= 0.6 is 58.7 Å². The van der Waals surface area contributed by atoms with Crippen molar-refractivity contribution in [1.82, 2.24) is 18.3 Å². The van der Waals surface area contributed by atoms with Gasteiger partial charge in [-0.05, 0) is 139 Å². The number of aldehydes is 1. The molecule has 0 saturated carbocycles. The van der Waals surface area contributed by atoms with Gasteiger partial charge in [0.05, 0.1) is 83.8 Å². The van der Waals surface area contributed by atoms with Gasteiger partial charge in [-0.3, -0.25) is 9.79 Å². The van der Waals surface area contributed by atoms with Crippen molar-refractivity contribution in [2.24, 2.45) is 4.99 Å². The Morgan fingerprint density at radius 3 is 1.08 bits per heavy atom. The number of nitrogens with two attached hydrogens (primary N) is 2. The molecule has 0 aliphatic heterocycles. The number of anilines is 4.